The van der Waals surface area contributed by atoms with Crippen molar-refractivity contribution in [3.63, 3.8) is 0 Å². The highest BCUT2D eigenvalue weighted by molar-refractivity contribution is 5.85. The minimum Gasteiger partial charge on any atom is -0.508 e. The summed E-state index contributed by atoms with van der Waals surface area (Å²) >= 11 is 0. The van der Waals surface area contributed by atoms with Crippen molar-refractivity contribution in [2.75, 3.05) is 19.0 Å². The van der Waals surface area contributed by atoms with Crippen LogP contribution in [0.3, 0.4) is 0 Å². The molecule has 2 aromatic carbocycles. The molecule has 2 aromatic rings. The van der Waals surface area contributed by atoms with Crippen LogP contribution >= 0.6 is 0 Å². The Kier molecular flexibility index (Phi) is 5.80. The van der Waals surface area contributed by atoms with Crippen molar-refractivity contribution in [2.45, 2.75) is 13.0 Å². The summed E-state index contributed by atoms with van der Waals surface area (Å²) in [5.74, 6) is 0.148. The van der Waals surface area contributed by atoms with E-state index in [4.69, 9.17) is 9.47 Å². The van der Waals surface area contributed by atoms with Gasteiger partial charge in [-0.3, -0.25) is 5.32 Å². The van der Waals surface area contributed by atoms with E-state index in [1.165, 1.54) is 6.07 Å². The van der Waals surface area contributed by atoms with Crippen LogP contribution < -0.4 is 5.32 Å². The van der Waals surface area contributed by atoms with E-state index in [-0.39, 0.29) is 12.4 Å². The number of rotatable bonds is 6. The van der Waals surface area contributed by atoms with Crippen molar-refractivity contribution in [1.82, 2.24) is 0 Å². The summed E-state index contributed by atoms with van der Waals surface area (Å²) in [5, 5.41) is 12.2. The lowest BCUT2D eigenvalue weighted by Gasteiger charge is -2.12. The van der Waals surface area contributed by atoms with Gasteiger partial charge in [-0.1, -0.05) is 30.3 Å². The predicted octanol–water partition coefficient (Wildman–Crippen LogP) is 3.33. The van der Waals surface area contributed by atoms with Gasteiger partial charge in [-0.15, -0.1) is 0 Å². The highest BCUT2D eigenvalue weighted by atomic mass is 16.5. The van der Waals surface area contributed by atoms with E-state index in [9.17, 15) is 9.90 Å². The van der Waals surface area contributed by atoms with Crippen LogP contribution in [0.4, 0.5) is 10.5 Å². The van der Waals surface area contributed by atoms with E-state index >= 15 is 0 Å². The molecule has 0 aliphatic heterocycles. The first-order chi connectivity index (χ1) is 10.7. The van der Waals surface area contributed by atoms with Crippen LogP contribution in [0.15, 0.2) is 48.5 Å². The van der Waals surface area contributed by atoms with Gasteiger partial charge in [-0.05, 0) is 35.7 Å². The second kappa shape index (κ2) is 8.05. The first-order valence-corrected chi connectivity index (χ1v) is 6.97. The van der Waals surface area contributed by atoms with Crippen molar-refractivity contribution in [3.05, 3.63) is 59.7 Å². The van der Waals surface area contributed by atoms with Crippen molar-refractivity contribution in [3.8, 4) is 5.75 Å². The molecule has 0 spiro atoms. The van der Waals surface area contributed by atoms with E-state index in [2.05, 4.69) is 5.32 Å². The molecule has 0 atom stereocenters. The maximum absolute atomic E-state index is 11.9. The molecule has 22 heavy (non-hydrogen) atoms. The third-order valence-corrected chi connectivity index (χ3v) is 3.11. The minimum absolute atomic E-state index is 0.148. The van der Waals surface area contributed by atoms with Gasteiger partial charge in [0.15, 0.2) is 0 Å². The van der Waals surface area contributed by atoms with Gasteiger partial charge in [-0.2, -0.15) is 0 Å². The number of phenols is 1. The molecular weight excluding hydrogens is 282 g/mol. The molecule has 0 saturated carbocycles. The van der Waals surface area contributed by atoms with E-state index in [1.54, 1.807) is 19.2 Å². The Labute approximate surface area is 129 Å². The third-order valence-electron chi connectivity index (χ3n) is 3.11. The number of hydrogen-bond acceptors (Lipinski definition) is 4. The molecule has 0 aromatic heterocycles. The number of hydrogen-bond donors (Lipinski definition) is 2. The number of aromatic hydroxyl groups is 1. The van der Waals surface area contributed by atoms with Crippen LogP contribution in [0.5, 0.6) is 5.75 Å². The smallest absolute Gasteiger partial charge is 0.411 e. The third kappa shape index (κ3) is 4.79. The molecule has 0 radical (unpaired) electrons. The summed E-state index contributed by atoms with van der Waals surface area (Å²) in [6.45, 7) is 0.704. The molecule has 0 fully saturated rings. The molecule has 0 aliphatic rings. The minimum atomic E-state index is -0.534. The fourth-order valence-corrected chi connectivity index (χ4v) is 1.99. The molecule has 0 saturated heterocycles. The van der Waals surface area contributed by atoms with Crippen LogP contribution in [-0.4, -0.2) is 24.9 Å². The molecule has 5 heteroatoms. The Balaban J connectivity index is 1.95. The molecule has 2 rings (SSSR count). The van der Waals surface area contributed by atoms with Crippen molar-refractivity contribution in [1.29, 1.82) is 0 Å². The first-order valence-electron chi connectivity index (χ1n) is 6.97. The van der Waals surface area contributed by atoms with E-state index < -0.39 is 6.09 Å². The van der Waals surface area contributed by atoms with E-state index in [0.29, 0.717) is 18.7 Å². The Morgan fingerprint density at radius 1 is 1.18 bits per heavy atom. The monoisotopic (exact) mass is 301 g/mol. The normalized spacial score (nSPS) is 10.2. The Bertz CT molecular complexity index is 613. The van der Waals surface area contributed by atoms with E-state index in [1.807, 2.05) is 30.3 Å². The predicted molar refractivity (Wildman–Crippen MR) is 83.9 cm³/mol. The second-order valence-electron chi connectivity index (χ2n) is 4.77. The fourth-order valence-electron chi connectivity index (χ4n) is 1.99. The van der Waals surface area contributed by atoms with Gasteiger partial charge < -0.3 is 14.6 Å². The largest absolute Gasteiger partial charge is 0.508 e. The van der Waals surface area contributed by atoms with Crippen molar-refractivity contribution >= 4 is 11.8 Å². The van der Waals surface area contributed by atoms with Gasteiger partial charge in [0.05, 0.1) is 6.61 Å². The van der Waals surface area contributed by atoms with Crippen LogP contribution in [0.1, 0.15) is 11.1 Å². The number of amides is 1. The number of benzene rings is 2. The van der Waals surface area contributed by atoms with Gasteiger partial charge in [0.25, 0.3) is 0 Å². The Morgan fingerprint density at radius 3 is 2.68 bits per heavy atom. The van der Waals surface area contributed by atoms with Gasteiger partial charge in [0.1, 0.15) is 12.4 Å². The number of methoxy groups -OCH3 is 1. The van der Waals surface area contributed by atoms with Gasteiger partial charge in [-0.25, -0.2) is 4.79 Å². The number of carbonyl (C=O) groups is 1. The summed E-state index contributed by atoms with van der Waals surface area (Å²) in [6.07, 6.45) is 0.0485. The molecule has 0 aliphatic carbocycles. The summed E-state index contributed by atoms with van der Waals surface area (Å²) in [4.78, 5) is 11.9. The highest BCUT2D eigenvalue weighted by Crippen LogP contribution is 2.22. The number of carbonyl (C=O) groups excluding carboxylic acids is 1. The molecule has 116 valence electrons. The summed E-state index contributed by atoms with van der Waals surface area (Å²) < 4.78 is 10.2. The average Bonchev–Trinajstić information content (AvgIpc) is 2.54. The van der Waals surface area contributed by atoms with Gasteiger partial charge in [0, 0.05) is 12.8 Å². The fraction of sp³-hybridized carbons (Fsp3) is 0.235. The SMILES string of the molecule is COCCc1cc(O)ccc1NC(=O)OCc1ccccc1. The maximum Gasteiger partial charge on any atom is 0.411 e. The highest BCUT2D eigenvalue weighted by Gasteiger charge is 2.09. The molecule has 0 bridgehead atoms. The second-order valence-corrected chi connectivity index (χ2v) is 4.77. The lowest BCUT2D eigenvalue weighted by molar-refractivity contribution is 0.155. The number of ether oxygens (including phenoxy) is 2. The van der Waals surface area contributed by atoms with Crippen LogP contribution in [-0.2, 0) is 22.5 Å². The molecule has 0 heterocycles. The molecule has 5 nitrogen and oxygen atoms in total. The zero-order chi connectivity index (χ0) is 15.8. The van der Waals surface area contributed by atoms with Crippen molar-refractivity contribution in [2.24, 2.45) is 0 Å². The Hall–Kier alpha value is -2.53. The molecule has 2 N–H and O–H groups in total. The number of phenolic OH excluding ortho intramolecular Hbond substituents is 1. The quantitative estimate of drug-likeness (QED) is 0.803. The number of anilines is 1. The Morgan fingerprint density at radius 2 is 1.95 bits per heavy atom. The van der Waals surface area contributed by atoms with Gasteiger partial charge in [0.2, 0.25) is 0 Å². The topological polar surface area (TPSA) is 67.8 Å². The van der Waals surface area contributed by atoms with Gasteiger partial charge >= 0.3 is 6.09 Å². The maximum atomic E-state index is 11.9. The summed E-state index contributed by atoms with van der Waals surface area (Å²) in [7, 11) is 1.60. The van der Waals surface area contributed by atoms with E-state index in [0.717, 1.165) is 11.1 Å². The lowest BCUT2D eigenvalue weighted by Crippen LogP contribution is -2.15. The zero-order valence-corrected chi connectivity index (χ0v) is 12.4. The number of nitrogens with one attached hydrogen (secondary N) is 1. The lowest BCUT2D eigenvalue weighted by atomic mass is 10.1. The average molecular weight is 301 g/mol. The summed E-state index contributed by atoms with van der Waals surface area (Å²) in [5.41, 5.74) is 2.31. The van der Waals surface area contributed by atoms with Crippen LogP contribution in [0, 0.1) is 0 Å². The first kappa shape index (κ1) is 15.9. The van der Waals surface area contributed by atoms with Crippen LogP contribution in [0.25, 0.3) is 0 Å². The molecular formula is C17H19NO4. The summed E-state index contributed by atoms with van der Waals surface area (Å²) in [6, 6.07) is 14.2. The molecule has 0 unspecified atom stereocenters. The standard InChI is InChI=1S/C17H19NO4/c1-21-10-9-14-11-15(19)7-8-16(14)18-17(20)22-12-13-5-3-2-4-6-13/h2-8,11,19H,9-10,12H2,1H3,(H,18,20). The molecule has 1 amide bonds. The zero-order valence-electron chi connectivity index (χ0n) is 12.4. The van der Waals surface area contributed by atoms with Crippen molar-refractivity contribution < 1.29 is 19.4 Å². The van der Waals surface area contributed by atoms with Crippen LogP contribution in [0.2, 0.25) is 0 Å².